The fraction of sp³-hybridized carbons (Fsp3) is 0.111. The van der Waals surface area contributed by atoms with Gasteiger partial charge in [0.1, 0.15) is 0 Å². The Morgan fingerprint density at radius 2 is 2.12 bits per heavy atom. The first-order valence-electron chi connectivity index (χ1n) is 7.44. The first-order valence-corrected chi connectivity index (χ1v) is 8.25. The summed E-state index contributed by atoms with van der Waals surface area (Å²) >= 11 is 1.46. The van der Waals surface area contributed by atoms with Crippen LogP contribution in [0.25, 0.3) is 16.3 Å². The van der Waals surface area contributed by atoms with Crippen molar-refractivity contribution in [3.8, 4) is 11.5 Å². The molecule has 24 heavy (non-hydrogen) atoms. The zero-order valence-electron chi connectivity index (χ0n) is 12.9. The Balaban J connectivity index is 1.48. The number of para-hydroxylation sites is 1. The minimum Gasteiger partial charge on any atom is -0.454 e. The number of thiazole rings is 1. The number of fused-ring (bicyclic) bond motifs is 2. The van der Waals surface area contributed by atoms with Crippen molar-refractivity contribution in [2.24, 2.45) is 0 Å². The number of aromatic nitrogens is 1. The van der Waals surface area contributed by atoms with Crippen molar-refractivity contribution in [3.05, 3.63) is 53.6 Å². The summed E-state index contributed by atoms with van der Waals surface area (Å²) in [6.07, 6.45) is 3.21. The van der Waals surface area contributed by atoms with Crippen molar-refractivity contribution >= 4 is 38.7 Å². The van der Waals surface area contributed by atoms with Crippen LogP contribution in [-0.4, -0.2) is 17.7 Å². The number of hydrogen-bond donors (Lipinski definition) is 1. The van der Waals surface area contributed by atoms with Crippen LogP contribution in [0.2, 0.25) is 0 Å². The van der Waals surface area contributed by atoms with Gasteiger partial charge < -0.3 is 9.47 Å². The summed E-state index contributed by atoms with van der Waals surface area (Å²) < 4.78 is 11.6. The number of nitrogens with zero attached hydrogens (tertiary/aromatic N) is 1. The molecule has 0 aliphatic carbocycles. The van der Waals surface area contributed by atoms with Gasteiger partial charge in [0.2, 0.25) is 12.7 Å². The van der Waals surface area contributed by atoms with Gasteiger partial charge in [0.25, 0.3) is 0 Å². The van der Waals surface area contributed by atoms with E-state index >= 15 is 0 Å². The maximum atomic E-state index is 12.1. The molecule has 0 spiro atoms. The number of carbonyl (C=O) groups excluding carboxylic acids is 1. The molecule has 1 aromatic heterocycles. The third-order valence-corrected chi connectivity index (χ3v) is 4.61. The lowest BCUT2D eigenvalue weighted by atomic mass is 10.2. The number of ether oxygens (including phenoxy) is 2. The predicted octanol–water partition coefficient (Wildman–Crippen LogP) is 3.99. The van der Waals surface area contributed by atoms with Gasteiger partial charge >= 0.3 is 0 Å². The van der Waals surface area contributed by atoms with Crippen LogP contribution in [0.5, 0.6) is 11.5 Å². The molecule has 0 fully saturated rings. The highest BCUT2D eigenvalue weighted by atomic mass is 32.1. The summed E-state index contributed by atoms with van der Waals surface area (Å²) in [4.78, 5) is 16.6. The average molecular weight is 338 g/mol. The van der Waals surface area contributed by atoms with Crippen molar-refractivity contribution < 1.29 is 14.3 Å². The van der Waals surface area contributed by atoms with Gasteiger partial charge in [-0.2, -0.15) is 0 Å². The summed E-state index contributed by atoms with van der Waals surface area (Å²) in [5.41, 5.74) is 2.90. The van der Waals surface area contributed by atoms with Crippen molar-refractivity contribution in [3.63, 3.8) is 0 Å². The average Bonchev–Trinajstić information content (AvgIpc) is 3.19. The van der Waals surface area contributed by atoms with Gasteiger partial charge in [-0.05, 0) is 42.3 Å². The second kappa shape index (κ2) is 5.98. The topological polar surface area (TPSA) is 60.5 Å². The second-order valence-corrected chi connectivity index (χ2v) is 6.41. The summed E-state index contributed by atoms with van der Waals surface area (Å²) in [5, 5.41) is 3.40. The Bertz CT molecular complexity index is 962. The third-order valence-electron chi connectivity index (χ3n) is 3.67. The van der Waals surface area contributed by atoms with Crippen LogP contribution in [0.3, 0.4) is 0 Å². The number of carbonyl (C=O) groups is 1. The SMILES string of the molecule is Cc1cccc2sc(NC(=O)C=Cc3ccc4c(c3)OCO4)nc12. The van der Waals surface area contributed by atoms with Crippen LogP contribution in [0.1, 0.15) is 11.1 Å². The molecule has 2 heterocycles. The fourth-order valence-electron chi connectivity index (χ4n) is 2.48. The van der Waals surface area contributed by atoms with Crippen molar-refractivity contribution in [1.82, 2.24) is 4.98 Å². The number of nitrogens with one attached hydrogen (secondary N) is 1. The monoisotopic (exact) mass is 338 g/mol. The molecule has 0 saturated carbocycles. The molecule has 4 rings (SSSR count). The molecule has 0 atom stereocenters. The summed E-state index contributed by atoms with van der Waals surface area (Å²) in [7, 11) is 0. The molecule has 0 saturated heterocycles. The zero-order valence-corrected chi connectivity index (χ0v) is 13.7. The normalized spacial score (nSPS) is 12.9. The summed E-state index contributed by atoms with van der Waals surface area (Å²) in [5.74, 6) is 1.20. The largest absolute Gasteiger partial charge is 0.454 e. The fourth-order valence-corrected chi connectivity index (χ4v) is 3.42. The number of hydrogen-bond acceptors (Lipinski definition) is 5. The number of aryl methyl sites for hydroxylation is 1. The minimum atomic E-state index is -0.218. The Kier molecular flexibility index (Phi) is 3.66. The van der Waals surface area contributed by atoms with Gasteiger partial charge in [-0.3, -0.25) is 10.1 Å². The summed E-state index contributed by atoms with van der Waals surface area (Å²) in [6.45, 7) is 2.24. The van der Waals surface area contributed by atoms with Gasteiger partial charge in [0.15, 0.2) is 16.6 Å². The second-order valence-electron chi connectivity index (χ2n) is 5.38. The van der Waals surface area contributed by atoms with Crippen LogP contribution in [0.4, 0.5) is 5.13 Å². The van der Waals surface area contributed by atoms with E-state index in [4.69, 9.17) is 9.47 Å². The van der Waals surface area contributed by atoms with Crippen LogP contribution in [0, 0.1) is 6.92 Å². The molecule has 1 aliphatic rings. The molecule has 120 valence electrons. The van der Waals surface area contributed by atoms with Gasteiger partial charge in [0, 0.05) is 6.08 Å². The number of amides is 1. The predicted molar refractivity (Wildman–Crippen MR) is 94.6 cm³/mol. The maximum absolute atomic E-state index is 12.1. The molecule has 0 bridgehead atoms. The molecule has 1 aliphatic heterocycles. The third kappa shape index (κ3) is 2.83. The molecule has 1 N–H and O–H groups in total. The van der Waals surface area contributed by atoms with Crippen LogP contribution in [-0.2, 0) is 4.79 Å². The van der Waals surface area contributed by atoms with Crippen LogP contribution >= 0.6 is 11.3 Å². The molecule has 1 amide bonds. The Labute approximate surface area is 142 Å². The van der Waals surface area contributed by atoms with E-state index in [1.54, 1.807) is 6.08 Å². The van der Waals surface area contributed by atoms with E-state index in [2.05, 4.69) is 10.3 Å². The first-order chi connectivity index (χ1) is 11.7. The molecular weight excluding hydrogens is 324 g/mol. The molecule has 0 radical (unpaired) electrons. The zero-order chi connectivity index (χ0) is 16.5. The van der Waals surface area contributed by atoms with E-state index in [0.717, 1.165) is 27.1 Å². The number of anilines is 1. The van der Waals surface area contributed by atoms with Crippen LogP contribution in [0.15, 0.2) is 42.5 Å². The first kappa shape index (κ1) is 14.7. The number of benzene rings is 2. The van der Waals surface area contributed by atoms with Crippen molar-refractivity contribution in [1.29, 1.82) is 0 Å². The van der Waals surface area contributed by atoms with Gasteiger partial charge in [-0.25, -0.2) is 4.98 Å². The van der Waals surface area contributed by atoms with E-state index in [1.165, 1.54) is 17.4 Å². The Morgan fingerprint density at radius 1 is 1.25 bits per heavy atom. The molecule has 0 unspecified atom stereocenters. The van der Waals surface area contributed by atoms with Crippen molar-refractivity contribution in [2.75, 3.05) is 12.1 Å². The van der Waals surface area contributed by atoms with E-state index in [-0.39, 0.29) is 12.7 Å². The van der Waals surface area contributed by atoms with Gasteiger partial charge in [-0.15, -0.1) is 0 Å². The van der Waals surface area contributed by atoms with Crippen molar-refractivity contribution in [2.45, 2.75) is 6.92 Å². The molecule has 5 nitrogen and oxygen atoms in total. The Morgan fingerprint density at radius 3 is 3.00 bits per heavy atom. The minimum absolute atomic E-state index is 0.218. The van der Waals surface area contributed by atoms with E-state index < -0.39 is 0 Å². The molecule has 3 aromatic rings. The lowest BCUT2D eigenvalue weighted by Gasteiger charge is -1.98. The van der Waals surface area contributed by atoms with Gasteiger partial charge in [-0.1, -0.05) is 29.5 Å². The lowest BCUT2D eigenvalue weighted by molar-refractivity contribution is -0.111. The lowest BCUT2D eigenvalue weighted by Crippen LogP contribution is -2.07. The highest BCUT2D eigenvalue weighted by molar-refractivity contribution is 7.22. The summed E-state index contributed by atoms with van der Waals surface area (Å²) in [6, 6.07) is 11.5. The highest BCUT2D eigenvalue weighted by Crippen LogP contribution is 2.33. The van der Waals surface area contributed by atoms with Gasteiger partial charge in [0.05, 0.1) is 10.2 Å². The smallest absolute Gasteiger partial charge is 0.250 e. The van der Waals surface area contributed by atoms with E-state index in [9.17, 15) is 4.79 Å². The van der Waals surface area contributed by atoms with E-state index in [1.807, 2.05) is 43.3 Å². The van der Waals surface area contributed by atoms with Crippen LogP contribution < -0.4 is 14.8 Å². The van der Waals surface area contributed by atoms with E-state index in [0.29, 0.717) is 10.9 Å². The number of rotatable bonds is 3. The highest BCUT2D eigenvalue weighted by Gasteiger charge is 2.12. The molecular formula is C18H14N2O3S. The molecule has 6 heteroatoms. The Hall–Kier alpha value is -2.86. The molecule has 2 aromatic carbocycles. The standard InChI is InChI=1S/C18H14N2O3S/c1-11-3-2-4-15-17(11)20-18(24-15)19-16(21)8-6-12-5-7-13-14(9-12)23-10-22-13/h2-9H,10H2,1H3,(H,19,20,21). The maximum Gasteiger partial charge on any atom is 0.250 e. The quantitative estimate of drug-likeness (QED) is 0.734.